The van der Waals surface area contributed by atoms with Crippen molar-refractivity contribution in [1.82, 2.24) is 9.97 Å². The van der Waals surface area contributed by atoms with Crippen molar-refractivity contribution in [2.24, 2.45) is 0 Å². The molecule has 0 bridgehead atoms. The summed E-state index contributed by atoms with van der Waals surface area (Å²) >= 11 is 5.96. The van der Waals surface area contributed by atoms with Gasteiger partial charge in [0.25, 0.3) is 5.91 Å². The Kier molecular flexibility index (Phi) is 3.39. The van der Waals surface area contributed by atoms with Crippen LogP contribution in [-0.4, -0.2) is 15.9 Å². The van der Waals surface area contributed by atoms with Gasteiger partial charge in [-0.1, -0.05) is 23.2 Å². The molecule has 0 radical (unpaired) electrons. The molecule has 1 aromatic carbocycles. The van der Waals surface area contributed by atoms with Gasteiger partial charge in [0.2, 0.25) is 0 Å². The topological polar surface area (TPSA) is 57.8 Å². The summed E-state index contributed by atoms with van der Waals surface area (Å²) in [6, 6.07) is 9.50. The fraction of sp³-hybridized carbons (Fsp3) is 0.125. The van der Waals surface area contributed by atoms with E-state index >= 15 is 0 Å². The van der Waals surface area contributed by atoms with Gasteiger partial charge in [0.05, 0.1) is 5.69 Å². The number of amides is 1. The number of aromatic amines is 1. The van der Waals surface area contributed by atoms with Crippen molar-refractivity contribution >= 4 is 34.1 Å². The van der Waals surface area contributed by atoms with Crippen LogP contribution in [-0.2, 0) is 0 Å². The highest BCUT2D eigenvalue weighted by Gasteiger charge is 2.16. The zero-order chi connectivity index (χ0) is 15.0. The van der Waals surface area contributed by atoms with Crippen molar-refractivity contribution in [3.8, 4) is 0 Å². The third-order valence-corrected chi connectivity index (χ3v) is 3.75. The van der Waals surface area contributed by atoms with Crippen LogP contribution in [0.25, 0.3) is 10.9 Å². The quantitative estimate of drug-likeness (QED) is 0.700. The van der Waals surface area contributed by atoms with Crippen LogP contribution in [0.4, 0.5) is 5.69 Å². The number of nitrogens with zero attached hydrogens (tertiary/aromatic N) is 1. The van der Waals surface area contributed by atoms with E-state index in [1.54, 1.807) is 18.3 Å². The minimum absolute atomic E-state index is 0.226. The van der Waals surface area contributed by atoms with E-state index in [-0.39, 0.29) is 11.1 Å². The molecule has 5 heteroatoms. The molecule has 0 unspecified atom stereocenters. The maximum absolute atomic E-state index is 12.4. The lowest BCUT2D eigenvalue weighted by Crippen LogP contribution is -2.14. The Labute approximate surface area is 127 Å². The minimum Gasteiger partial charge on any atom is -0.350 e. The highest BCUT2D eigenvalue weighted by molar-refractivity contribution is 6.32. The van der Waals surface area contributed by atoms with E-state index in [1.807, 2.05) is 26.0 Å². The molecule has 106 valence electrons. The highest BCUT2D eigenvalue weighted by atomic mass is 35.5. The number of benzene rings is 1. The van der Waals surface area contributed by atoms with E-state index in [4.69, 9.17) is 11.6 Å². The summed E-state index contributed by atoms with van der Waals surface area (Å²) in [4.78, 5) is 19.5. The van der Waals surface area contributed by atoms with Gasteiger partial charge in [-0.25, -0.2) is 4.98 Å². The number of nitrogens with one attached hydrogen (secondary N) is 2. The number of anilines is 1. The predicted octanol–water partition coefficient (Wildman–Crippen LogP) is 4.09. The number of carbonyl (C=O) groups is 1. The van der Waals surface area contributed by atoms with Gasteiger partial charge in [-0.05, 0) is 43.7 Å². The number of halogens is 1. The first kappa shape index (κ1) is 13.6. The van der Waals surface area contributed by atoms with E-state index in [9.17, 15) is 4.79 Å². The number of rotatable bonds is 2. The van der Waals surface area contributed by atoms with Crippen molar-refractivity contribution in [2.75, 3.05) is 5.32 Å². The standard InChI is InChI=1S/C16H14ClN3O/c1-9-5-6-12-11(8-9)10(2)14(19-12)16(21)20-13-4-3-7-18-15(13)17/h3-8,19H,1-2H3,(H,20,21). The molecule has 2 heterocycles. The number of hydrogen-bond acceptors (Lipinski definition) is 2. The van der Waals surface area contributed by atoms with E-state index in [0.717, 1.165) is 22.0 Å². The molecular formula is C16H14ClN3O. The van der Waals surface area contributed by atoms with Crippen LogP contribution in [0.3, 0.4) is 0 Å². The number of H-pyrrole nitrogens is 1. The van der Waals surface area contributed by atoms with Gasteiger partial charge in [0.1, 0.15) is 5.69 Å². The van der Waals surface area contributed by atoms with Crippen molar-refractivity contribution in [1.29, 1.82) is 0 Å². The van der Waals surface area contributed by atoms with Crippen molar-refractivity contribution in [3.05, 3.63) is 58.5 Å². The first-order chi connectivity index (χ1) is 10.1. The molecular weight excluding hydrogens is 286 g/mol. The van der Waals surface area contributed by atoms with E-state index in [0.29, 0.717) is 11.4 Å². The number of hydrogen-bond donors (Lipinski definition) is 2. The predicted molar refractivity (Wildman–Crippen MR) is 85.0 cm³/mol. The van der Waals surface area contributed by atoms with Crippen LogP contribution < -0.4 is 5.32 Å². The summed E-state index contributed by atoms with van der Waals surface area (Å²) in [5.41, 5.74) is 4.06. The summed E-state index contributed by atoms with van der Waals surface area (Å²) in [6.07, 6.45) is 1.58. The lowest BCUT2D eigenvalue weighted by atomic mass is 10.1. The number of pyridine rings is 1. The molecule has 0 saturated heterocycles. The maximum Gasteiger partial charge on any atom is 0.272 e. The molecule has 0 aliphatic carbocycles. The molecule has 0 fully saturated rings. The lowest BCUT2D eigenvalue weighted by Gasteiger charge is -2.05. The Morgan fingerprint density at radius 2 is 2.10 bits per heavy atom. The Hall–Kier alpha value is -2.33. The molecule has 21 heavy (non-hydrogen) atoms. The SMILES string of the molecule is Cc1ccc2[nH]c(C(=O)Nc3cccnc3Cl)c(C)c2c1. The highest BCUT2D eigenvalue weighted by Crippen LogP contribution is 2.24. The van der Waals surface area contributed by atoms with Crippen LogP contribution in [0.15, 0.2) is 36.5 Å². The van der Waals surface area contributed by atoms with Gasteiger partial charge in [-0.2, -0.15) is 0 Å². The number of fused-ring (bicyclic) bond motifs is 1. The molecule has 1 amide bonds. The Morgan fingerprint density at radius 1 is 1.29 bits per heavy atom. The van der Waals surface area contributed by atoms with E-state index in [1.165, 1.54) is 0 Å². The molecule has 0 aliphatic heterocycles. The summed E-state index contributed by atoms with van der Waals surface area (Å²) in [5, 5.41) is 4.11. The van der Waals surface area contributed by atoms with Gasteiger partial charge in [0, 0.05) is 17.1 Å². The molecule has 4 nitrogen and oxygen atoms in total. The van der Waals surface area contributed by atoms with Crippen LogP contribution in [0.5, 0.6) is 0 Å². The van der Waals surface area contributed by atoms with Crippen LogP contribution in [0.2, 0.25) is 5.15 Å². The second-order valence-corrected chi connectivity index (χ2v) is 5.33. The molecule has 2 N–H and O–H groups in total. The number of aromatic nitrogens is 2. The first-order valence-corrected chi connectivity index (χ1v) is 6.95. The first-order valence-electron chi connectivity index (χ1n) is 6.57. The zero-order valence-electron chi connectivity index (χ0n) is 11.7. The second kappa shape index (κ2) is 5.22. The average molecular weight is 300 g/mol. The Morgan fingerprint density at radius 3 is 2.86 bits per heavy atom. The van der Waals surface area contributed by atoms with Crippen LogP contribution >= 0.6 is 11.6 Å². The summed E-state index contributed by atoms with van der Waals surface area (Å²) in [7, 11) is 0. The smallest absolute Gasteiger partial charge is 0.272 e. The molecule has 3 rings (SSSR count). The summed E-state index contributed by atoms with van der Waals surface area (Å²) in [5.74, 6) is -0.226. The molecule has 0 spiro atoms. The van der Waals surface area contributed by atoms with Crippen LogP contribution in [0, 0.1) is 13.8 Å². The maximum atomic E-state index is 12.4. The summed E-state index contributed by atoms with van der Waals surface area (Å²) < 4.78 is 0. The number of aryl methyl sites for hydroxylation is 2. The monoisotopic (exact) mass is 299 g/mol. The van der Waals surface area contributed by atoms with Crippen molar-refractivity contribution in [2.45, 2.75) is 13.8 Å². The van der Waals surface area contributed by atoms with Gasteiger partial charge in [-0.3, -0.25) is 4.79 Å². The minimum atomic E-state index is -0.226. The van der Waals surface area contributed by atoms with E-state index in [2.05, 4.69) is 21.4 Å². The fourth-order valence-corrected chi connectivity index (χ4v) is 2.50. The molecule has 3 aromatic rings. The average Bonchev–Trinajstić information content (AvgIpc) is 2.79. The summed E-state index contributed by atoms with van der Waals surface area (Å²) in [6.45, 7) is 3.96. The van der Waals surface area contributed by atoms with Gasteiger partial charge >= 0.3 is 0 Å². The van der Waals surface area contributed by atoms with Crippen molar-refractivity contribution < 1.29 is 4.79 Å². The van der Waals surface area contributed by atoms with Gasteiger partial charge in [0.15, 0.2) is 5.15 Å². The van der Waals surface area contributed by atoms with Gasteiger partial charge < -0.3 is 10.3 Å². The zero-order valence-corrected chi connectivity index (χ0v) is 12.5. The molecule has 0 atom stereocenters. The molecule has 2 aromatic heterocycles. The largest absolute Gasteiger partial charge is 0.350 e. The fourth-order valence-electron chi connectivity index (χ4n) is 2.33. The second-order valence-electron chi connectivity index (χ2n) is 4.97. The van der Waals surface area contributed by atoms with Gasteiger partial charge in [-0.15, -0.1) is 0 Å². The lowest BCUT2D eigenvalue weighted by molar-refractivity contribution is 0.102. The van der Waals surface area contributed by atoms with Crippen molar-refractivity contribution in [3.63, 3.8) is 0 Å². The third-order valence-electron chi connectivity index (χ3n) is 3.45. The molecule has 0 aliphatic rings. The van der Waals surface area contributed by atoms with E-state index < -0.39 is 0 Å². The Bertz CT molecular complexity index is 839. The Balaban J connectivity index is 1.99. The van der Waals surface area contributed by atoms with Crippen LogP contribution in [0.1, 0.15) is 21.6 Å². The number of carbonyl (C=O) groups excluding carboxylic acids is 1. The molecule has 0 saturated carbocycles. The normalized spacial score (nSPS) is 10.8. The third kappa shape index (κ3) is 2.50.